The highest BCUT2D eigenvalue weighted by Crippen LogP contribution is 2.15. The summed E-state index contributed by atoms with van der Waals surface area (Å²) in [6, 6.07) is 0. The van der Waals surface area contributed by atoms with E-state index in [1.54, 1.807) is 0 Å². The van der Waals surface area contributed by atoms with Gasteiger partial charge in [-0.2, -0.15) is 0 Å². The molecule has 0 aromatic heterocycles. The van der Waals surface area contributed by atoms with Crippen molar-refractivity contribution in [3.05, 3.63) is 24.3 Å². The van der Waals surface area contributed by atoms with Crippen molar-refractivity contribution in [2.75, 3.05) is 13.2 Å². The van der Waals surface area contributed by atoms with E-state index in [2.05, 4.69) is 38.2 Å². The van der Waals surface area contributed by atoms with Crippen LogP contribution in [0.15, 0.2) is 24.3 Å². The third-order valence-corrected chi connectivity index (χ3v) is 8.75. The summed E-state index contributed by atoms with van der Waals surface area (Å²) >= 11 is 0. The highest BCUT2D eigenvalue weighted by molar-refractivity contribution is 5.70. The molecular formula is C41H76O5. The zero-order valence-corrected chi connectivity index (χ0v) is 30.6. The minimum atomic E-state index is -0.769. The number of allylic oxidation sites excluding steroid dienone is 4. The fourth-order valence-corrected chi connectivity index (χ4v) is 5.70. The molecule has 0 fully saturated rings. The van der Waals surface area contributed by atoms with Crippen LogP contribution in [0, 0.1) is 0 Å². The van der Waals surface area contributed by atoms with Crippen LogP contribution in [0.5, 0.6) is 0 Å². The SMILES string of the molecule is CCCCCC=CCC=CCCCCCCCCCC(=O)OCC(CO)OC(=O)CCCCCCCCCCCCCCCCC. The molecule has 0 bridgehead atoms. The number of esters is 2. The number of unbranched alkanes of at least 4 members (excludes halogenated alkanes) is 24. The summed E-state index contributed by atoms with van der Waals surface area (Å²) in [6.45, 7) is 4.12. The zero-order valence-electron chi connectivity index (χ0n) is 30.6. The van der Waals surface area contributed by atoms with E-state index in [0.717, 1.165) is 44.9 Å². The van der Waals surface area contributed by atoms with E-state index in [-0.39, 0.29) is 25.2 Å². The van der Waals surface area contributed by atoms with Gasteiger partial charge in [-0.1, -0.05) is 173 Å². The van der Waals surface area contributed by atoms with E-state index < -0.39 is 6.10 Å². The monoisotopic (exact) mass is 649 g/mol. The van der Waals surface area contributed by atoms with Crippen LogP contribution in [-0.4, -0.2) is 36.4 Å². The Kier molecular flexibility index (Phi) is 36.5. The molecule has 0 saturated carbocycles. The molecule has 0 rings (SSSR count). The highest BCUT2D eigenvalue weighted by atomic mass is 16.6. The molecule has 0 aliphatic heterocycles. The van der Waals surface area contributed by atoms with E-state index in [9.17, 15) is 14.7 Å². The highest BCUT2D eigenvalue weighted by Gasteiger charge is 2.16. The van der Waals surface area contributed by atoms with Gasteiger partial charge in [0.25, 0.3) is 0 Å². The molecule has 46 heavy (non-hydrogen) atoms. The van der Waals surface area contributed by atoms with Gasteiger partial charge in [0.2, 0.25) is 0 Å². The van der Waals surface area contributed by atoms with Gasteiger partial charge in [0, 0.05) is 12.8 Å². The molecule has 1 unspecified atom stereocenters. The van der Waals surface area contributed by atoms with Crippen LogP contribution in [0.3, 0.4) is 0 Å². The summed E-state index contributed by atoms with van der Waals surface area (Å²) in [4.78, 5) is 24.2. The molecule has 5 heteroatoms. The van der Waals surface area contributed by atoms with Crippen LogP contribution in [0.1, 0.15) is 206 Å². The second-order valence-electron chi connectivity index (χ2n) is 13.4. The lowest BCUT2D eigenvalue weighted by Crippen LogP contribution is -2.28. The molecule has 0 spiro atoms. The van der Waals surface area contributed by atoms with Crippen LogP contribution >= 0.6 is 0 Å². The number of aliphatic hydroxyl groups is 1. The van der Waals surface area contributed by atoms with Crippen molar-refractivity contribution in [2.24, 2.45) is 0 Å². The largest absolute Gasteiger partial charge is 0.462 e. The lowest BCUT2D eigenvalue weighted by atomic mass is 10.0. The first-order chi connectivity index (χ1) is 22.6. The third kappa shape index (κ3) is 35.2. The smallest absolute Gasteiger partial charge is 0.306 e. The van der Waals surface area contributed by atoms with E-state index >= 15 is 0 Å². The van der Waals surface area contributed by atoms with Crippen molar-refractivity contribution in [1.29, 1.82) is 0 Å². The van der Waals surface area contributed by atoms with Gasteiger partial charge in [0.1, 0.15) is 6.61 Å². The molecule has 0 aliphatic carbocycles. The standard InChI is InChI=1S/C41H76O5/c1-3-5-7-9-11-13-15-17-19-20-22-23-25-27-29-31-33-35-40(43)45-38-39(37-42)46-41(44)36-34-32-30-28-26-24-21-18-16-14-12-10-8-6-4-2/h11,13,17,19,39,42H,3-10,12,14-16,18,20-38H2,1-2H3. The van der Waals surface area contributed by atoms with Crippen molar-refractivity contribution < 1.29 is 24.2 Å². The lowest BCUT2D eigenvalue weighted by molar-refractivity contribution is -0.161. The average molecular weight is 649 g/mol. The Labute approximate surface area is 285 Å². The Balaban J connectivity index is 3.54. The van der Waals surface area contributed by atoms with Crippen molar-refractivity contribution >= 4 is 11.9 Å². The fourth-order valence-electron chi connectivity index (χ4n) is 5.70. The molecule has 0 radical (unpaired) electrons. The Hall–Kier alpha value is -1.62. The minimum Gasteiger partial charge on any atom is -0.462 e. The number of ether oxygens (including phenoxy) is 2. The number of aliphatic hydroxyl groups excluding tert-OH is 1. The maximum absolute atomic E-state index is 12.2. The van der Waals surface area contributed by atoms with E-state index in [0.29, 0.717) is 12.8 Å². The zero-order chi connectivity index (χ0) is 33.6. The Morgan fingerprint density at radius 1 is 0.500 bits per heavy atom. The first-order valence-electron chi connectivity index (χ1n) is 19.9. The molecule has 270 valence electrons. The van der Waals surface area contributed by atoms with Crippen molar-refractivity contribution in [3.8, 4) is 0 Å². The van der Waals surface area contributed by atoms with Gasteiger partial charge < -0.3 is 14.6 Å². The Morgan fingerprint density at radius 2 is 0.870 bits per heavy atom. The second kappa shape index (κ2) is 37.8. The number of hydrogen-bond acceptors (Lipinski definition) is 5. The Morgan fingerprint density at radius 3 is 1.33 bits per heavy atom. The third-order valence-electron chi connectivity index (χ3n) is 8.75. The molecule has 1 atom stereocenters. The summed E-state index contributed by atoms with van der Waals surface area (Å²) in [5.41, 5.74) is 0. The molecule has 5 nitrogen and oxygen atoms in total. The maximum atomic E-state index is 12.2. The molecule has 0 heterocycles. The van der Waals surface area contributed by atoms with Gasteiger partial charge in [0.05, 0.1) is 6.61 Å². The van der Waals surface area contributed by atoms with Crippen molar-refractivity contribution in [2.45, 2.75) is 213 Å². The normalized spacial score (nSPS) is 12.3. The summed E-state index contributed by atoms with van der Waals surface area (Å²) in [5, 5.41) is 9.55. The van der Waals surface area contributed by atoms with E-state index in [4.69, 9.17) is 9.47 Å². The molecular weight excluding hydrogens is 572 g/mol. The quantitative estimate of drug-likeness (QED) is 0.0416. The maximum Gasteiger partial charge on any atom is 0.306 e. The first kappa shape index (κ1) is 44.4. The Bertz CT molecular complexity index is 701. The number of rotatable bonds is 36. The average Bonchev–Trinajstić information content (AvgIpc) is 3.06. The van der Waals surface area contributed by atoms with Crippen LogP contribution in [0.4, 0.5) is 0 Å². The summed E-state index contributed by atoms with van der Waals surface area (Å²) in [6.07, 6.45) is 43.7. The van der Waals surface area contributed by atoms with Gasteiger partial charge in [-0.15, -0.1) is 0 Å². The van der Waals surface area contributed by atoms with Gasteiger partial charge in [-0.3, -0.25) is 9.59 Å². The summed E-state index contributed by atoms with van der Waals surface area (Å²) in [5.74, 6) is -0.592. The van der Waals surface area contributed by atoms with Crippen LogP contribution in [0.2, 0.25) is 0 Å². The second-order valence-corrected chi connectivity index (χ2v) is 13.4. The van der Waals surface area contributed by atoms with Crippen LogP contribution in [-0.2, 0) is 19.1 Å². The van der Waals surface area contributed by atoms with Gasteiger partial charge in [-0.05, 0) is 44.9 Å². The van der Waals surface area contributed by atoms with Gasteiger partial charge >= 0.3 is 11.9 Å². The predicted octanol–water partition coefficient (Wildman–Crippen LogP) is 12.3. The number of carbonyl (C=O) groups is 2. The lowest BCUT2D eigenvalue weighted by Gasteiger charge is -2.15. The molecule has 1 N–H and O–H groups in total. The molecule has 0 aromatic carbocycles. The first-order valence-corrected chi connectivity index (χ1v) is 19.9. The molecule has 0 aromatic rings. The van der Waals surface area contributed by atoms with Crippen molar-refractivity contribution in [1.82, 2.24) is 0 Å². The summed E-state index contributed by atoms with van der Waals surface area (Å²) in [7, 11) is 0. The topological polar surface area (TPSA) is 72.8 Å². The van der Waals surface area contributed by atoms with E-state index in [1.165, 1.54) is 135 Å². The number of hydrogen-bond donors (Lipinski definition) is 1. The van der Waals surface area contributed by atoms with E-state index in [1.807, 2.05) is 0 Å². The summed E-state index contributed by atoms with van der Waals surface area (Å²) < 4.78 is 10.6. The number of carbonyl (C=O) groups excluding carboxylic acids is 2. The van der Waals surface area contributed by atoms with Crippen LogP contribution in [0.25, 0.3) is 0 Å². The van der Waals surface area contributed by atoms with Crippen molar-refractivity contribution in [3.63, 3.8) is 0 Å². The fraction of sp³-hybridized carbons (Fsp3) is 0.854. The molecule has 0 aliphatic rings. The van der Waals surface area contributed by atoms with Crippen LogP contribution < -0.4 is 0 Å². The molecule has 0 saturated heterocycles. The predicted molar refractivity (Wildman–Crippen MR) is 196 cm³/mol. The van der Waals surface area contributed by atoms with Gasteiger partial charge in [0.15, 0.2) is 6.10 Å². The van der Waals surface area contributed by atoms with Gasteiger partial charge in [-0.25, -0.2) is 0 Å². The molecule has 0 amide bonds. The minimum absolute atomic E-state index is 0.0659.